The maximum atomic E-state index is 13.1. The molecule has 2 atom stereocenters. The van der Waals surface area contributed by atoms with Crippen molar-refractivity contribution in [1.82, 2.24) is 16.1 Å². The number of unbranched alkanes of at least 4 members (excludes halogenated alkanes) is 1. The van der Waals surface area contributed by atoms with Crippen LogP contribution in [0.2, 0.25) is 0 Å². The van der Waals surface area contributed by atoms with Crippen LogP contribution in [0.25, 0.3) is 0 Å². The molecule has 202 valence electrons. The van der Waals surface area contributed by atoms with E-state index in [0.29, 0.717) is 38.2 Å². The van der Waals surface area contributed by atoms with E-state index in [0.717, 1.165) is 17.1 Å². The van der Waals surface area contributed by atoms with Gasteiger partial charge in [0.25, 0.3) is 0 Å². The molecule has 0 saturated heterocycles. The Kier molecular flexibility index (Phi) is 12.8. The third-order valence-electron chi connectivity index (χ3n) is 5.76. The number of likely N-dealkylation sites (N-methyl/N-ethyl adjacent to an activating group) is 1. The van der Waals surface area contributed by atoms with E-state index in [2.05, 4.69) is 10.6 Å². The van der Waals surface area contributed by atoms with Gasteiger partial charge in [0.05, 0.1) is 20.3 Å². The van der Waals surface area contributed by atoms with E-state index in [1.807, 2.05) is 43.3 Å². The molecule has 0 aliphatic rings. The molecule has 0 heterocycles. The Hall–Kier alpha value is -3.79. The highest BCUT2D eigenvalue weighted by atomic mass is 16.5. The van der Waals surface area contributed by atoms with Crippen molar-refractivity contribution in [3.63, 3.8) is 0 Å². The maximum absolute atomic E-state index is 13.1. The van der Waals surface area contributed by atoms with Crippen LogP contribution in [-0.4, -0.2) is 56.3 Å². The van der Waals surface area contributed by atoms with Gasteiger partial charge in [-0.2, -0.15) is 0 Å². The molecule has 0 spiro atoms. The number of benzene rings is 2. The summed E-state index contributed by atoms with van der Waals surface area (Å²) in [6.45, 7) is 2.88. The van der Waals surface area contributed by atoms with E-state index >= 15 is 0 Å². The van der Waals surface area contributed by atoms with Gasteiger partial charge in [-0.15, -0.1) is 0 Å². The van der Waals surface area contributed by atoms with Gasteiger partial charge in [-0.05, 0) is 68.1 Å². The van der Waals surface area contributed by atoms with Crippen LogP contribution in [-0.2, 0) is 20.8 Å². The third kappa shape index (κ3) is 10.4. The summed E-state index contributed by atoms with van der Waals surface area (Å²) in [7, 11) is 3.09. The summed E-state index contributed by atoms with van der Waals surface area (Å²) in [5, 5.41) is 14.3. The minimum absolute atomic E-state index is 0.203. The topological polar surface area (TPSA) is 135 Å². The van der Waals surface area contributed by atoms with Crippen LogP contribution in [0.5, 0.6) is 17.2 Å². The fourth-order valence-corrected chi connectivity index (χ4v) is 3.75. The van der Waals surface area contributed by atoms with Gasteiger partial charge < -0.3 is 24.8 Å². The number of carbonyl (C=O) groups is 3. The predicted octanol–water partition coefficient (Wildman–Crippen LogP) is 2.63. The molecule has 10 nitrogen and oxygen atoms in total. The summed E-state index contributed by atoms with van der Waals surface area (Å²) in [5.74, 6) is -0.00538. The number of hydroxylamine groups is 1. The monoisotopic (exact) mass is 515 g/mol. The van der Waals surface area contributed by atoms with Gasteiger partial charge in [0, 0.05) is 25.8 Å². The Morgan fingerprint density at radius 3 is 2.11 bits per heavy atom. The normalized spacial score (nSPS) is 12.1. The van der Waals surface area contributed by atoms with Crippen molar-refractivity contribution in [1.29, 1.82) is 0 Å². The van der Waals surface area contributed by atoms with Gasteiger partial charge in [-0.3, -0.25) is 19.6 Å². The number of hydrogen-bond donors (Lipinski definition) is 4. The number of rotatable bonds is 16. The average molecular weight is 516 g/mol. The molecular weight excluding hydrogens is 478 g/mol. The first-order valence-electron chi connectivity index (χ1n) is 12.3. The zero-order valence-electron chi connectivity index (χ0n) is 21.6. The molecule has 4 N–H and O–H groups in total. The molecule has 0 bridgehead atoms. The van der Waals surface area contributed by atoms with E-state index in [4.69, 9.17) is 19.4 Å². The molecule has 0 saturated carbocycles. The average Bonchev–Trinajstić information content (AvgIpc) is 2.92. The van der Waals surface area contributed by atoms with Crippen LogP contribution in [0, 0.1) is 5.92 Å². The number of nitrogens with one attached hydrogen (secondary N) is 3. The fourth-order valence-electron chi connectivity index (χ4n) is 3.75. The molecule has 0 aliphatic heterocycles. The first-order chi connectivity index (χ1) is 17.9. The molecule has 0 radical (unpaired) electrons. The summed E-state index contributed by atoms with van der Waals surface area (Å²) >= 11 is 0. The summed E-state index contributed by atoms with van der Waals surface area (Å²) in [6, 6.07) is 13.7. The largest absolute Gasteiger partial charge is 0.497 e. The Bertz CT molecular complexity index is 980. The summed E-state index contributed by atoms with van der Waals surface area (Å²) in [6.07, 6.45) is 1.71. The summed E-state index contributed by atoms with van der Waals surface area (Å²) < 4.78 is 16.3. The van der Waals surface area contributed by atoms with Crippen molar-refractivity contribution in [2.75, 3.05) is 27.4 Å². The highest BCUT2D eigenvalue weighted by Gasteiger charge is 2.27. The first kappa shape index (κ1) is 29.4. The molecule has 0 aliphatic carbocycles. The molecule has 0 aromatic heterocycles. The number of ether oxygens (including phenoxy) is 3. The van der Waals surface area contributed by atoms with Gasteiger partial charge in [0.2, 0.25) is 17.7 Å². The van der Waals surface area contributed by atoms with E-state index in [9.17, 15) is 14.4 Å². The van der Waals surface area contributed by atoms with E-state index in [1.165, 1.54) is 7.05 Å². The van der Waals surface area contributed by atoms with Crippen molar-refractivity contribution in [3.8, 4) is 17.2 Å². The molecule has 2 aromatic carbocycles. The van der Waals surface area contributed by atoms with E-state index < -0.39 is 23.8 Å². The van der Waals surface area contributed by atoms with Crippen LogP contribution < -0.4 is 30.3 Å². The second kappa shape index (κ2) is 16.1. The first-order valence-corrected chi connectivity index (χ1v) is 12.3. The van der Waals surface area contributed by atoms with Crippen molar-refractivity contribution in [2.45, 2.75) is 45.1 Å². The predicted molar refractivity (Wildman–Crippen MR) is 138 cm³/mol. The van der Waals surface area contributed by atoms with E-state index in [1.54, 1.807) is 24.7 Å². The molecule has 0 unspecified atom stereocenters. The van der Waals surface area contributed by atoms with Crippen molar-refractivity contribution in [2.24, 2.45) is 5.92 Å². The lowest BCUT2D eigenvalue weighted by molar-refractivity contribution is -0.136. The molecule has 3 amide bonds. The molecule has 0 fully saturated rings. The SMILES string of the molecule is CCOc1ccc(C[C@H](NC(=O)[C@H](CCCCOc2ccc(OC)cc2)CC(=O)NO)C(=O)NC)cc1. The molecule has 10 heteroatoms. The van der Waals surface area contributed by atoms with Gasteiger partial charge in [0.15, 0.2) is 0 Å². The van der Waals surface area contributed by atoms with Crippen molar-refractivity contribution >= 4 is 17.7 Å². The van der Waals surface area contributed by atoms with Gasteiger partial charge in [-0.25, -0.2) is 5.48 Å². The smallest absolute Gasteiger partial charge is 0.244 e. The number of methoxy groups -OCH3 is 1. The molecular formula is C27H37N3O7. The van der Waals surface area contributed by atoms with E-state index in [-0.39, 0.29) is 18.7 Å². The number of carbonyl (C=O) groups excluding carboxylic acids is 3. The van der Waals surface area contributed by atoms with Gasteiger partial charge in [-0.1, -0.05) is 12.1 Å². The second-order valence-corrected chi connectivity index (χ2v) is 8.41. The van der Waals surface area contributed by atoms with Crippen LogP contribution in [0.4, 0.5) is 0 Å². The Labute approximate surface area is 217 Å². The standard InChI is InChI=1S/C27H37N3O7/c1-4-36-22-10-8-19(9-11-22)17-24(27(33)28-2)29-26(32)20(18-25(31)30-34)7-5-6-16-37-23-14-12-21(35-3)13-15-23/h8-15,20,24,34H,4-7,16-18H2,1-3H3,(H,28,33)(H,29,32)(H,30,31)/t20-,24+/m1/s1. The molecule has 2 rings (SSSR count). The lowest BCUT2D eigenvalue weighted by atomic mass is 9.96. The highest BCUT2D eigenvalue weighted by Crippen LogP contribution is 2.19. The fraction of sp³-hybridized carbons (Fsp3) is 0.444. The number of hydrogen-bond acceptors (Lipinski definition) is 7. The zero-order chi connectivity index (χ0) is 27.0. The second-order valence-electron chi connectivity index (χ2n) is 8.41. The van der Waals surface area contributed by atoms with Crippen molar-refractivity contribution in [3.05, 3.63) is 54.1 Å². The zero-order valence-corrected chi connectivity index (χ0v) is 21.6. The Balaban J connectivity index is 1.94. The lowest BCUT2D eigenvalue weighted by Gasteiger charge is -2.22. The quantitative estimate of drug-likeness (QED) is 0.153. The third-order valence-corrected chi connectivity index (χ3v) is 5.76. The van der Waals surface area contributed by atoms with Crippen LogP contribution in [0.15, 0.2) is 48.5 Å². The maximum Gasteiger partial charge on any atom is 0.244 e. The van der Waals surface area contributed by atoms with Crippen LogP contribution >= 0.6 is 0 Å². The minimum atomic E-state index is -0.825. The van der Waals surface area contributed by atoms with Crippen LogP contribution in [0.1, 0.15) is 38.2 Å². The summed E-state index contributed by atoms with van der Waals surface area (Å²) in [5.41, 5.74) is 2.43. The minimum Gasteiger partial charge on any atom is -0.497 e. The summed E-state index contributed by atoms with van der Waals surface area (Å²) in [4.78, 5) is 37.4. The van der Waals surface area contributed by atoms with Gasteiger partial charge >= 0.3 is 0 Å². The van der Waals surface area contributed by atoms with Gasteiger partial charge in [0.1, 0.15) is 23.3 Å². The Morgan fingerprint density at radius 2 is 1.51 bits per heavy atom. The lowest BCUT2D eigenvalue weighted by Crippen LogP contribution is -2.49. The van der Waals surface area contributed by atoms with Crippen molar-refractivity contribution < 1.29 is 33.8 Å². The molecule has 37 heavy (non-hydrogen) atoms. The Morgan fingerprint density at radius 1 is 0.892 bits per heavy atom. The molecule has 2 aromatic rings. The number of amides is 3. The van der Waals surface area contributed by atoms with Crippen LogP contribution in [0.3, 0.4) is 0 Å². The highest BCUT2D eigenvalue weighted by molar-refractivity contribution is 5.90.